The molecular formula is C21H16F3N5O2. The van der Waals surface area contributed by atoms with E-state index in [0.29, 0.717) is 5.65 Å². The van der Waals surface area contributed by atoms with Crippen LogP contribution in [0.4, 0.5) is 18.9 Å². The van der Waals surface area contributed by atoms with Crippen LogP contribution in [0.15, 0.2) is 47.2 Å². The van der Waals surface area contributed by atoms with Crippen molar-refractivity contribution in [1.82, 2.24) is 19.5 Å². The summed E-state index contributed by atoms with van der Waals surface area (Å²) in [5.74, 6) is -4.09. The van der Waals surface area contributed by atoms with Crippen LogP contribution >= 0.6 is 0 Å². The average Bonchev–Trinajstić information content (AvgIpc) is 3.36. The second-order valence-electron chi connectivity index (χ2n) is 7.58. The highest BCUT2D eigenvalue weighted by Crippen LogP contribution is 2.47. The highest BCUT2D eigenvalue weighted by Gasteiger charge is 2.48. The minimum absolute atomic E-state index is 0.00517. The second-order valence-corrected chi connectivity index (χ2v) is 7.58. The molecule has 1 aliphatic rings. The van der Waals surface area contributed by atoms with E-state index in [1.165, 1.54) is 25.3 Å². The lowest BCUT2D eigenvalue weighted by Gasteiger charge is -2.32. The first-order chi connectivity index (χ1) is 14.8. The zero-order valence-electron chi connectivity index (χ0n) is 16.3. The summed E-state index contributed by atoms with van der Waals surface area (Å²) in [6.45, 7) is 1.53. The quantitative estimate of drug-likeness (QED) is 0.515. The lowest BCUT2D eigenvalue weighted by molar-refractivity contribution is -0.0888. The van der Waals surface area contributed by atoms with Gasteiger partial charge in [0.15, 0.2) is 5.82 Å². The van der Waals surface area contributed by atoms with Crippen LogP contribution in [0, 0.1) is 12.7 Å². The molecule has 0 aliphatic heterocycles. The summed E-state index contributed by atoms with van der Waals surface area (Å²) in [6, 6.07) is 8.03. The standard InChI is InChI=1S/C21H16F3N5O2/c1-11-14(22)6-12(20-27-18(28-31-20)13-8-21(23,24)9-13)7-15(11)26-19(30)16-10-25-17-4-2-3-5-29(16)17/h2-7,10,13H,8-9H2,1H3,(H,26,30). The summed E-state index contributed by atoms with van der Waals surface area (Å²) in [7, 11) is 0. The molecule has 3 heterocycles. The monoisotopic (exact) mass is 427 g/mol. The molecule has 0 radical (unpaired) electrons. The Morgan fingerprint density at radius 1 is 1.29 bits per heavy atom. The van der Waals surface area contributed by atoms with Crippen LogP contribution in [0.2, 0.25) is 0 Å². The van der Waals surface area contributed by atoms with Crippen molar-refractivity contribution < 1.29 is 22.5 Å². The van der Waals surface area contributed by atoms with E-state index in [9.17, 15) is 18.0 Å². The number of anilines is 1. The number of nitrogens with zero attached hydrogens (tertiary/aromatic N) is 4. The Labute approximate surface area is 173 Å². The Bertz CT molecular complexity index is 1310. The van der Waals surface area contributed by atoms with Crippen LogP contribution in [-0.2, 0) is 0 Å². The van der Waals surface area contributed by atoms with E-state index >= 15 is 0 Å². The lowest BCUT2D eigenvalue weighted by atomic mass is 9.81. The topological polar surface area (TPSA) is 85.3 Å². The third kappa shape index (κ3) is 3.43. The van der Waals surface area contributed by atoms with Crippen LogP contribution in [0.5, 0.6) is 0 Å². The van der Waals surface area contributed by atoms with Crippen molar-refractivity contribution in [2.75, 3.05) is 5.32 Å². The van der Waals surface area contributed by atoms with Crippen molar-refractivity contribution in [3.8, 4) is 11.5 Å². The Morgan fingerprint density at radius 3 is 2.87 bits per heavy atom. The Balaban J connectivity index is 1.43. The molecule has 1 N–H and O–H groups in total. The number of rotatable bonds is 4. The van der Waals surface area contributed by atoms with Gasteiger partial charge < -0.3 is 9.84 Å². The predicted octanol–water partition coefficient (Wildman–Crippen LogP) is 4.60. The molecule has 0 atom stereocenters. The van der Waals surface area contributed by atoms with Crippen molar-refractivity contribution in [1.29, 1.82) is 0 Å². The number of aromatic nitrogens is 4. The lowest BCUT2D eigenvalue weighted by Crippen LogP contribution is -2.34. The van der Waals surface area contributed by atoms with Gasteiger partial charge in [0.2, 0.25) is 5.92 Å². The average molecular weight is 427 g/mol. The zero-order valence-corrected chi connectivity index (χ0v) is 16.3. The maximum absolute atomic E-state index is 14.6. The van der Waals surface area contributed by atoms with E-state index in [1.807, 2.05) is 0 Å². The van der Waals surface area contributed by atoms with Crippen molar-refractivity contribution in [3.63, 3.8) is 0 Å². The SMILES string of the molecule is Cc1c(F)cc(-c2nc(C3CC(F)(F)C3)no2)cc1NC(=O)c1cnc2ccccn12. The molecule has 1 saturated carbocycles. The van der Waals surface area contributed by atoms with Gasteiger partial charge in [0, 0.05) is 41.8 Å². The molecule has 0 unspecified atom stereocenters. The molecule has 0 bridgehead atoms. The van der Waals surface area contributed by atoms with Crippen LogP contribution in [0.1, 0.15) is 40.6 Å². The van der Waals surface area contributed by atoms with E-state index < -0.39 is 23.6 Å². The Hall–Kier alpha value is -3.69. The number of hydrogen-bond acceptors (Lipinski definition) is 5. The smallest absolute Gasteiger partial charge is 0.274 e. The second kappa shape index (κ2) is 6.93. The van der Waals surface area contributed by atoms with Crippen LogP contribution in [0.25, 0.3) is 17.1 Å². The van der Waals surface area contributed by atoms with Gasteiger partial charge in [0.1, 0.15) is 17.2 Å². The largest absolute Gasteiger partial charge is 0.334 e. The number of halogens is 3. The minimum atomic E-state index is -2.71. The molecular weight excluding hydrogens is 411 g/mol. The Morgan fingerprint density at radius 2 is 2.10 bits per heavy atom. The van der Waals surface area contributed by atoms with Gasteiger partial charge in [-0.2, -0.15) is 4.98 Å². The van der Waals surface area contributed by atoms with Gasteiger partial charge in [0.05, 0.1) is 6.20 Å². The van der Waals surface area contributed by atoms with E-state index in [2.05, 4.69) is 20.4 Å². The molecule has 1 aromatic carbocycles. The predicted molar refractivity (Wildman–Crippen MR) is 104 cm³/mol. The molecule has 1 aliphatic carbocycles. The summed E-state index contributed by atoms with van der Waals surface area (Å²) >= 11 is 0. The maximum atomic E-state index is 14.6. The summed E-state index contributed by atoms with van der Waals surface area (Å²) in [6.07, 6.45) is 2.45. The van der Waals surface area contributed by atoms with Crippen molar-refractivity contribution in [2.45, 2.75) is 31.6 Å². The fourth-order valence-electron chi connectivity index (χ4n) is 3.58. The van der Waals surface area contributed by atoms with E-state index in [-0.39, 0.29) is 47.1 Å². The van der Waals surface area contributed by atoms with Gasteiger partial charge in [-0.25, -0.2) is 18.2 Å². The molecule has 0 saturated heterocycles. The van der Waals surface area contributed by atoms with Gasteiger partial charge in [-0.15, -0.1) is 0 Å². The van der Waals surface area contributed by atoms with Gasteiger partial charge >= 0.3 is 0 Å². The molecule has 3 aromatic heterocycles. The maximum Gasteiger partial charge on any atom is 0.274 e. The number of carbonyl (C=O) groups is 1. The highest BCUT2D eigenvalue weighted by molar-refractivity contribution is 6.04. The fraction of sp³-hybridized carbons (Fsp3) is 0.238. The molecule has 7 nitrogen and oxygen atoms in total. The number of nitrogens with one attached hydrogen (secondary N) is 1. The first-order valence-electron chi connectivity index (χ1n) is 9.56. The number of carbonyl (C=O) groups excluding carboxylic acids is 1. The van der Waals surface area contributed by atoms with Crippen molar-refractivity contribution in [3.05, 3.63) is 65.6 Å². The minimum Gasteiger partial charge on any atom is -0.334 e. The molecule has 31 heavy (non-hydrogen) atoms. The van der Waals surface area contributed by atoms with Crippen LogP contribution in [0.3, 0.4) is 0 Å². The number of amides is 1. The third-order valence-corrected chi connectivity index (χ3v) is 5.39. The van der Waals surface area contributed by atoms with E-state index in [4.69, 9.17) is 4.52 Å². The first kappa shape index (κ1) is 19.3. The van der Waals surface area contributed by atoms with E-state index in [0.717, 1.165) is 0 Å². The van der Waals surface area contributed by atoms with E-state index in [1.54, 1.807) is 28.8 Å². The molecule has 158 valence electrons. The number of pyridine rings is 1. The molecule has 1 amide bonds. The van der Waals surface area contributed by atoms with Crippen molar-refractivity contribution in [2.24, 2.45) is 0 Å². The number of imidazole rings is 1. The summed E-state index contributed by atoms with van der Waals surface area (Å²) in [5.41, 5.74) is 1.57. The normalized spacial score (nSPS) is 15.7. The Kier molecular flexibility index (Phi) is 4.31. The molecule has 10 heteroatoms. The number of alkyl halides is 2. The summed E-state index contributed by atoms with van der Waals surface area (Å²) < 4.78 is 47.5. The van der Waals surface area contributed by atoms with Crippen molar-refractivity contribution >= 4 is 17.2 Å². The van der Waals surface area contributed by atoms with Gasteiger partial charge in [-0.1, -0.05) is 11.2 Å². The number of fused-ring (bicyclic) bond motifs is 1. The summed E-state index contributed by atoms with van der Waals surface area (Å²) in [4.78, 5) is 21.1. The third-order valence-electron chi connectivity index (χ3n) is 5.39. The summed E-state index contributed by atoms with van der Waals surface area (Å²) in [5, 5.41) is 6.45. The van der Waals surface area contributed by atoms with Gasteiger partial charge in [-0.3, -0.25) is 9.20 Å². The fourth-order valence-corrected chi connectivity index (χ4v) is 3.58. The van der Waals surface area contributed by atoms with Crippen LogP contribution < -0.4 is 5.32 Å². The first-order valence-corrected chi connectivity index (χ1v) is 9.56. The van der Waals surface area contributed by atoms with Crippen LogP contribution in [-0.4, -0.2) is 31.4 Å². The highest BCUT2D eigenvalue weighted by atomic mass is 19.3. The van der Waals surface area contributed by atoms with Gasteiger partial charge in [-0.05, 0) is 31.2 Å². The number of hydrogen-bond donors (Lipinski definition) is 1. The number of benzene rings is 1. The van der Waals surface area contributed by atoms with Gasteiger partial charge in [0.25, 0.3) is 11.8 Å². The zero-order chi connectivity index (χ0) is 21.8. The molecule has 1 fully saturated rings. The molecule has 4 aromatic rings. The molecule has 0 spiro atoms. The molecule has 5 rings (SSSR count).